The van der Waals surface area contributed by atoms with Crippen LogP contribution in [0.5, 0.6) is 5.75 Å². The van der Waals surface area contributed by atoms with Gasteiger partial charge in [-0.25, -0.2) is 0 Å². The van der Waals surface area contributed by atoms with E-state index in [0.29, 0.717) is 24.9 Å². The van der Waals surface area contributed by atoms with E-state index in [4.69, 9.17) is 4.74 Å². The highest BCUT2D eigenvalue weighted by molar-refractivity contribution is 5.94. The van der Waals surface area contributed by atoms with Crippen LogP contribution in [0.4, 0.5) is 24.5 Å². The molecule has 0 saturated carbocycles. The van der Waals surface area contributed by atoms with E-state index < -0.39 is 35.1 Å². The van der Waals surface area contributed by atoms with E-state index in [9.17, 15) is 32.7 Å². The molecule has 3 aromatic rings. The van der Waals surface area contributed by atoms with E-state index in [1.807, 2.05) is 48.1 Å². The third-order valence-electron chi connectivity index (χ3n) is 7.79. The number of alkyl halides is 3. The molecule has 216 valence electrons. The van der Waals surface area contributed by atoms with Crippen LogP contribution in [0.2, 0.25) is 0 Å². The minimum atomic E-state index is -4.74. The summed E-state index contributed by atoms with van der Waals surface area (Å²) in [6.45, 7) is 2.94. The van der Waals surface area contributed by atoms with Gasteiger partial charge in [-0.2, -0.15) is 13.2 Å². The molecule has 2 aliphatic rings. The molecule has 0 aliphatic carbocycles. The number of benzene rings is 2. The van der Waals surface area contributed by atoms with Gasteiger partial charge in [0.05, 0.1) is 25.9 Å². The summed E-state index contributed by atoms with van der Waals surface area (Å²) in [6, 6.07) is 7.94. The first kappa shape index (κ1) is 28.1. The van der Waals surface area contributed by atoms with Crippen molar-refractivity contribution in [1.82, 2.24) is 9.88 Å². The number of ether oxygens (including phenoxy) is 1. The van der Waals surface area contributed by atoms with Crippen LogP contribution in [0.3, 0.4) is 0 Å². The molecule has 3 heterocycles. The molecule has 1 atom stereocenters. The van der Waals surface area contributed by atoms with E-state index in [2.05, 4.69) is 5.32 Å². The number of nitrogens with zero attached hydrogens (tertiary/aromatic N) is 2. The predicted octanol–water partition coefficient (Wildman–Crippen LogP) is 4.34. The molecule has 1 amide bonds. The number of fused-ring (bicyclic) bond motifs is 2. The van der Waals surface area contributed by atoms with Crippen molar-refractivity contribution in [3.63, 3.8) is 0 Å². The van der Waals surface area contributed by atoms with Gasteiger partial charge in [0.15, 0.2) is 5.43 Å². The Morgan fingerprint density at radius 2 is 1.93 bits per heavy atom. The predicted molar refractivity (Wildman–Crippen MR) is 146 cm³/mol. The average Bonchev–Trinajstić information content (AvgIpc) is 3.32. The lowest BCUT2D eigenvalue weighted by atomic mass is 9.83. The van der Waals surface area contributed by atoms with Crippen LogP contribution in [0, 0.1) is 6.92 Å². The zero-order chi connectivity index (χ0) is 29.6. The monoisotopic (exact) mass is 570 g/mol. The number of aliphatic carboxylic acids is 1. The molecule has 1 aromatic heterocycles. The number of hydrogen-bond acceptors (Lipinski definition) is 6. The van der Waals surface area contributed by atoms with E-state index >= 15 is 0 Å². The molecular weight excluding hydrogens is 541 g/mol. The smallest absolute Gasteiger partial charge is 0.431 e. The summed E-state index contributed by atoms with van der Waals surface area (Å²) >= 11 is 0. The SMILES string of the molecule is COc1cc(C(CC(=O)O)c2ccc3c(c2)CN(C(=O)c2c[nH]c(C(F)(F)F)cc2=O)CC3)c(C)c2c1N(C)CN2. The van der Waals surface area contributed by atoms with Crippen LogP contribution in [0.25, 0.3) is 0 Å². The van der Waals surface area contributed by atoms with Gasteiger partial charge in [0.1, 0.15) is 22.7 Å². The molecule has 0 spiro atoms. The van der Waals surface area contributed by atoms with E-state index in [0.717, 1.165) is 45.4 Å². The first-order chi connectivity index (χ1) is 19.4. The fourth-order valence-corrected chi connectivity index (χ4v) is 5.67. The molecule has 41 heavy (non-hydrogen) atoms. The maximum absolute atomic E-state index is 13.1. The highest BCUT2D eigenvalue weighted by Gasteiger charge is 2.34. The highest BCUT2D eigenvalue weighted by Crippen LogP contribution is 2.46. The summed E-state index contributed by atoms with van der Waals surface area (Å²) in [5, 5.41) is 13.2. The number of methoxy groups -OCH3 is 1. The standard InChI is InChI=1S/C29H29F3N4O5/c1-15-19(9-23(41-3)27-26(15)34-14-35(27)2)20(10-25(38)39)17-5-4-16-6-7-36(13-18(16)8-17)28(40)21-12-33-24(11-22(21)37)29(30,31)32/h4-5,8-9,11-12,20,34H,6-7,10,13-14H2,1-3H3,(H,33,37)(H,38,39). The lowest BCUT2D eigenvalue weighted by Gasteiger charge is -2.30. The summed E-state index contributed by atoms with van der Waals surface area (Å²) in [4.78, 5) is 43.0. The Labute approximate surface area is 233 Å². The molecule has 12 heteroatoms. The van der Waals surface area contributed by atoms with Crippen LogP contribution in [0.15, 0.2) is 41.3 Å². The third kappa shape index (κ3) is 5.21. The summed E-state index contributed by atoms with van der Waals surface area (Å²) in [6.07, 6.45) is -3.63. The maximum atomic E-state index is 13.1. The molecule has 2 aromatic carbocycles. The largest absolute Gasteiger partial charge is 0.494 e. The number of pyridine rings is 1. The van der Waals surface area contributed by atoms with Crippen LogP contribution < -0.4 is 20.4 Å². The van der Waals surface area contributed by atoms with Gasteiger partial charge in [-0.05, 0) is 47.2 Å². The number of aromatic nitrogens is 1. The maximum Gasteiger partial charge on any atom is 0.431 e. The van der Waals surface area contributed by atoms with Crippen molar-refractivity contribution in [2.24, 2.45) is 0 Å². The van der Waals surface area contributed by atoms with Crippen LogP contribution >= 0.6 is 0 Å². The van der Waals surface area contributed by atoms with Crippen molar-refractivity contribution in [2.75, 3.05) is 37.6 Å². The second-order valence-corrected chi connectivity index (χ2v) is 10.3. The Kier molecular flexibility index (Phi) is 7.18. The fourth-order valence-electron chi connectivity index (χ4n) is 5.67. The Bertz CT molecular complexity index is 1600. The van der Waals surface area contributed by atoms with Gasteiger partial charge in [0.2, 0.25) is 0 Å². The Hall–Kier alpha value is -4.48. The number of amides is 1. The zero-order valence-electron chi connectivity index (χ0n) is 22.7. The van der Waals surface area contributed by atoms with Crippen molar-refractivity contribution < 1.29 is 32.6 Å². The summed E-state index contributed by atoms with van der Waals surface area (Å²) in [5.41, 5.74) is 3.38. The average molecular weight is 571 g/mol. The number of carbonyl (C=O) groups excluding carboxylic acids is 1. The van der Waals surface area contributed by atoms with Crippen molar-refractivity contribution in [1.29, 1.82) is 0 Å². The van der Waals surface area contributed by atoms with Crippen molar-refractivity contribution in [3.05, 3.63) is 85.8 Å². The minimum Gasteiger partial charge on any atom is -0.494 e. The zero-order valence-corrected chi connectivity index (χ0v) is 22.7. The number of anilines is 2. The number of carboxylic acid groups (broad SMARTS) is 1. The van der Waals surface area contributed by atoms with Gasteiger partial charge in [-0.3, -0.25) is 14.4 Å². The van der Waals surface area contributed by atoms with Crippen LogP contribution in [-0.2, 0) is 23.9 Å². The summed E-state index contributed by atoms with van der Waals surface area (Å²) in [5.74, 6) is -1.55. The Balaban J connectivity index is 1.48. The molecular formula is C29H29F3N4O5. The van der Waals surface area contributed by atoms with Gasteiger partial charge < -0.3 is 29.9 Å². The van der Waals surface area contributed by atoms with Crippen LogP contribution in [0.1, 0.15) is 56.2 Å². The minimum absolute atomic E-state index is 0.126. The Morgan fingerprint density at radius 1 is 1.17 bits per heavy atom. The number of H-pyrrole nitrogens is 1. The number of aromatic amines is 1. The van der Waals surface area contributed by atoms with Crippen LogP contribution in [-0.4, -0.2) is 54.2 Å². The van der Waals surface area contributed by atoms with E-state index in [1.54, 1.807) is 7.11 Å². The Morgan fingerprint density at radius 3 is 2.59 bits per heavy atom. The molecule has 2 aliphatic heterocycles. The van der Waals surface area contributed by atoms with Crippen molar-refractivity contribution >= 4 is 23.3 Å². The van der Waals surface area contributed by atoms with E-state index in [1.165, 1.54) is 4.90 Å². The number of carboxylic acids is 1. The first-order valence-electron chi connectivity index (χ1n) is 13.0. The quantitative estimate of drug-likeness (QED) is 0.404. The van der Waals surface area contributed by atoms with Crippen molar-refractivity contribution in [2.45, 2.75) is 38.4 Å². The topological polar surface area (TPSA) is 115 Å². The van der Waals surface area contributed by atoms with Gasteiger partial charge >= 0.3 is 12.1 Å². The fraction of sp³-hybridized carbons (Fsp3) is 0.345. The lowest BCUT2D eigenvalue weighted by Crippen LogP contribution is -2.38. The molecule has 5 rings (SSSR count). The summed E-state index contributed by atoms with van der Waals surface area (Å²) < 4.78 is 44.5. The molecule has 0 radical (unpaired) electrons. The van der Waals surface area contributed by atoms with Gasteiger partial charge in [0, 0.05) is 38.3 Å². The third-order valence-corrected chi connectivity index (χ3v) is 7.79. The van der Waals surface area contributed by atoms with Gasteiger partial charge in [0.25, 0.3) is 5.91 Å². The molecule has 0 fully saturated rings. The molecule has 9 nitrogen and oxygen atoms in total. The number of hydrogen-bond donors (Lipinski definition) is 3. The second-order valence-electron chi connectivity index (χ2n) is 10.3. The summed E-state index contributed by atoms with van der Waals surface area (Å²) in [7, 11) is 3.50. The first-order valence-corrected chi connectivity index (χ1v) is 13.0. The van der Waals surface area contributed by atoms with E-state index in [-0.39, 0.29) is 25.1 Å². The normalized spacial score (nSPS) is 15.2. The van der Waals surface area contributed by atoms with Crippen molar-refractivity contribution in [3.8, 4) is 5.75 Å². The van der Waals surface area contributed by atoms with Gasteiger partial charge in [-0.15, -0.1) is 0 Å². The lowest BCUT2D eigenvalue weighted by molar-refractivity contribution is -0.141. The molecule has 1 unspecified atom stereocenters. The van der Waals surface area contributed by atoms with Gasteiger partial charge in [-0.1, -0.05) is 18.2 Å². The number of halogens is 3. The number of rotatable bonds is 6. The molecule has 0 bridgehead atoms. The molecule has 0 saturated heterocycles. The number of nitrogens with one attached hydrogen (secondary N) is 2. The second kappa shape index (κ2) is 10.5. The highest BCUT2D eigenvalue weighted by atomic mass is 19.4. The number of carbonyl (C=O) groups is 2. The molecule has 3 N–H and O–H groups in total.